The molecule has 2 atom stereocenters. The van der Waals surface area contributed by atoms with Crippen LogP contribution in [0.15, 0.2) is 24.4 Å². The number of alkyl halides is 3. The zero-order valence-corrected chi connectivity index (χ0v) is 19.6. The van der Waals surface area contributed by atoms with Crippen LogP contribution in [-0.4, -0.2) is 55.1 Å². The number of hydrogen-bond donors (Lipinski definition) is 3. The number of carbonyl (C=O) groups is 2. The fourth-order valence-corrected chi connectivity index (χ4v) is 4.68. The number of rotatable bonds is 6. The van der Waals surface area contributed by atoms with Crippen LogP contribution in [0.2, 0.25) is 0 Å². The number of anilines is 1. The molecule has 3 aromatic rings. The molecular formula is C24H25F3N6O3. The molecule has 2 aliphatic rings. The Hall–Kier alpha value is -3.67. The number of hydrogen-bond acceptors (Lipinski definition) is 6. The number of aromatic nitrogens is 3. The molecule has 3 heterocycles. The summed E-state index contributed by atoms with van der Waals surface area (Å²) in [6, 6.07) is 3.25. The number of nitrogens with zero attached hydrogens (tertiary/aromatic N) is 4. The van der Waals surface area contributed by atoms with E-state index in [4.69, 9.17) is 5.73 Å². The van der Waals surface area contributed by atoms with E-state index in [0.29, 0.717) is 11.5 Å². The highest BCUT2D eigenvalue weighted by atomic mass is 19.4. The zero-order valence-electron chi connectivity index (χ0n) is 19.6. The lowest BCUT2D eigenvalue weighted by atomic mass is 9.97. The molecule has 4 N–H and O–H groups in total. The van der Waals surface area contributed by atoms with Crippen molar-refractivity contribution in [3.63, 3.8) is 0 Å². The van der Waals surface area contributed by atoms with Crippen LogP contribution in [0.4, 0.5) is 19.0 Å². The van der Waals surface area contributed by atoms with Gasteiger partial charge < -0.3 is 21.1 Å². The molecule has 1 saturated carbocycles. The van der Waals surface area contributed by atoms with Gasteiger partial charge in [-0.25, -0.2) is 9.50 Å². The first-order valence-electron chi connectivity index (χ1n) is 11.6. The number of nitrogens with two attached hydrogens (primary N) is 1. The van der Waals surface area contributed by atoms with Crippen molar-refractivity contribution in [3.05, 3.63) is 46.6 Å². The fraction of sp³-hybridized carbons (Fsp3) is 0.417. The maximum absolute atomic E-state index is 14.1. The quantitative estimate of drug-likeness (QED) is 0.476. The Balaban J connectivity index is 1.60. The van der Waals surface area contributed by atoms with E-state index in [2.05, 4.69) is 15.4 Å². The van der Waals surface area contributed by atoms with Crippen LogP contribution in [0, 0.1) is 5.92 Å². The Labute approximate surface area is 204 Å². The molecule has 1 aromatic carbocycles. The number of aliphatic hydroxyl groups is 1. The summed E-state index contributed by atoms with van der Waals surface area (Å²) in [5.74, 6) is -1.02. The van der Waals surface area contributed by atoms with Gasteiger partial charge in [-0.3, -0.25) is 9.59 Å². The second kappa shape index (κ2) is 8.47. The van der Waals surface area contributed by atoms with Crippen LogP contribution < -0.4 is 11.1 Å². The molecule has 0 radical (unpaired) electrons. The largest absolute Gasteiger partial charge is 0.417 e. The van der Waals surface area contributed by atoms with E-state index in [9.17, 15) is 27.9 Å². The molecule has 1 aliphatic carbocycles. The van der Waals surface area contributed by atoms with Gasteiger partial charge in [0.15, 0.2) is 11.5 Å². The molecule has 1 aliphatic heterocycles. The molecule has 0 spiro atoms. The summed E-state index contributed by atoms with van der Waals surface area (Å²) in [6.45, 7) is 3.27. The van der Waals surface area contributed by atoms with Crippen molar-refractivity contribution in [1.29, 1.82) is 0 Å². The normalized spacial score (nSPS) is 17.4. The predicted molar refractivity (Wildman–Crippen MR) is 124 cm³/mol. The molecular weight excluding hydrogens is 477 g/mol. The number of nitrogen functional groups attached to an aromatic ring is 1. The summed E-state index contributed by atoms with van der Waals surface area (Å²) < 4.78 is 43.6. The maximum atomic E-state index is 14.1. The molecule has 0 bridgehead atoms. The van der Waals surface area contributed by atoms with E-state index in [1.807, 2.05) is 6.92 Å². The highest BCUT2D eigenvalue weighted by Crippen LogP contribution is 2.43. The molecule has 0 saturated heterocycles. The average molecular weight is 502 g/mol. The molecule has 2 amide bonds. The van der Waals surface area contributed by atoms with Gasteiger partial charge in [0.1, 0.15) is 5.56 Å². The SMILES string of the molecule is C[C@H](CO)NC(=O)c1c(N)nn2ccc(-c3cc4c(c(C(F)(F)F)c3)C(=O)N([C@@H](C)C3CC3)C4)nc12. The summed E-state index contributed by atoms with van der Waals surface area (Å²) in [5, 5.41) is 15.9. The Morgan fingerprint density at radius 3 is 2.67 bits per heavy atom. The number of benzene rings is 1. The van der Waals surface area contributed by atoms with E-state index in [0.717, 1.165) is 18.9 Å². The van der Waals surface area contributed by atoms with E-state index >= 15 is 0 Å². The van der Waals surface area contributed by atoms with E-state index in [1.54, 1.807) is 13.0 Å². The van der Waals surface area contributed by atoms with Crippen LogP contribution in [0.25, 0.3) is 16.9 Å². The monoisotopic (exact) mass is 502 g/mol. The first-order valence-corrected chi connectivity index (χ1v) is 11.6. The Morgan fingerprint density at radius 1 is 1.31 bits per heavy atom. The summed E-state index contributed by atoms with van der Waals surface area (Å²) >= 11 is 0. The number of halogens is 3. The number of fused-ring (bicyclic) bond motifs is 2. The molecule has 190 valence electrons. The predicted octanol–water partition coefficient (Wildman–Crippen LogP) is 2.86. The van der Waals surface area contributed by atoms with Crippen LogP contribution in [-0.2, 0) is 12.7 Å². The molecule has 1 fully saturated rings. The van der Waals surface area contributed by atoms with E-state index < -0.39 is 29.6 Å². The van der Waals surface area contributed by atoms with Crippen molar-refractivity contribution in [2.75, 3.05) is 12.3 Å². The van der Waals surface area contributed by atoms with Gasteiger partial charge in [0.2, 0.25) is 0 Å². The van der Waals surface area contributed by atoms with E-state index in [1.165, 1.54) is 21.7 Å². The van der Waals surface area contributed by atoms with Crippen molar-refractivity contribution < 1.29 is 27.9 Å². The highest BCUT2D eigenvalue weighted by Gasteiger charge is 2.44. The van der Waals surface area contributed by atoms with Crippen molar-refractivity contribution in [2.45, 2.75) is 51.5 Å². The molecule has 9 nitrogen and oxygen atoms in total. The third-order valence-corrected chi connectivity index (χ3v) is 6.82. The van der Waals surface area contributed by atoms with Gasteiger partial charge in [0.05, 0.1) is 23.4 Å². The lowest BCUT2D eigenvalue weighted by molar-refractivity contribution is -0.137. The van der Waals surface area contributed by atoms with Crippen molar-refractivity contribution >= 4 is 23.3 Å². The summed E-state index contributed by atoms with van der Waals surface area (Å²) in [7, 11) is 0. The van der Waals surface area contributed by atoms with Crippen LogP contribution >= 0.6 is 0 Å². The van der Waals surface area contributed by atoms with Crippen LogP contribution in [0.3, 0.4) is 0 Å². The van der Waals surface area contributed by atoms with Crippen LogP contribution in [0.5, 0.6) is 0 Å². The minimum Gasteiger partial charge on any atom is -0.394 e. The van der Waals surface area contributed by atoms with Crippen molar-refractivity contribution in [3.8, 4) is 11.3 Å². The number of amides is 2. The Kier molecular flexibility index (Phi) is 5.66. The Bertz CT molecular complexity index is 1380. The number of carbonyl (C=O) groups excluding carboxylic acids is 2. The lowest BCUT2D eigenvalue weighted by Crippen LogP contribution is -2.35. The summed E-state index contributed by atoms with van der Waals surface area (Å²) in [5.41, 5.74) is 5.23. The third kappa shape index (κ3) is 4.04. The average Bonchev–Trinajstić information content (AvgIpc) is 3.54. The first-order chi connectivity index (χ1) is 17.0. The second-order valence-corrected chi connectivity index (χ2v) is 9.47. The van der Waals surface area contributed by atoms with Gasteiger partial charge in [-0.05, 0) is 56.4 Å². The summed E-state index contributed by atoms with van der Waals surface area (Å²) in [4.78, 5) is 31.6. The third-order valence-electron chi connectivity index (χ3n) is 6.82. The first kappa shape index (κ1) is 24.0. The number of aliphatic hydroxyl groups excluding tert-OH is 1. The maximum Gasteiger partial charge on any atom is 0.417 e. The highest BCUT2D eigenvalue weighted by molar-refractivity contribution is 6.04. The van der Waals surface area contributed by atoms with Gasteiger partial charge in [-0.2, -0.15) is 13.2 Å². The lowest BCUT2D eigenvalue weighted by Gasteiger charge is -2.24. The fourth-order valence-electron chi connectivity index (χ4n) is 4.68. The van der Waals surface area contributed by atoms with Gasteiger partial charge in [-0.15, -0.1) is 5.10 Å². The van der Waals surface area contributed by atoms with Gasteiger partial charge in [0, 0.05) is 30.4 Å². The van der Waals surface area contributed by atoms with Crippen molar-refractivity contribution in [1.82, 2.24) is 24.8 Å². The van der Waals surface area contributed by atoms with Gasteiger partial charge in [-0.1, -0.05) is 0 Å². The van der Waals surface area contributed by atoms with E-state index in [-0.39, 0.29) is 53.0 Å². The Morgan fingerprint density at radius 2 is 2.03 bits per heavy atom. The van der Waals surface area contributed by atoms with Gasteiger partial charge >= 0.3 is 6.18 Å². The summed E-state index contributed by atoms with van der Waals surface area (Å²) in [6.07, 6.45) is -1.37. The molecule has 36 heavy (non-hydrogen) atoms. The molecule has 5 rings (SSSR count). The second-order valence-electron chi connectivity index (χ2n) is 9.47. The zero-order chi connectivity index (χ0) is 25.9. The standard InChI is InChI=1S/C24H25F3N6O3/c1-11(10-34)29-22(35)19-20(28)31-33-6-5-17(30-21(19)33)14-7-15-9-32(12(2)13-3-4-13)23(36)18(15)16(8-14)24(25,26)27/h5-8,11-13,34H,3-4,9-10H2,1-2H3,(H2,28,31)(H,29,35)/t11-,12+/m1/s1. The number of nitrogens with one attached hydrogen (secondary N) is 1. The molecule has 2 aromatic heterocycles. The molecule has 12 heteroatoms. The smallest absolute Gasteiger partial charge is 0.394 e. The van der Waals surface area contributed by atoms with Gasteiger partial charge in [0.25, 0.3) is 11.8 Å². The van der Waals surface area contributed by atoms with Crippen molar-refractivity contribution in [2.24, 2.45) is 5.92 Å². The molecule has 0 unspecified atom stereocenters. The van der Waals surface area contributed by atoms with Crippen LogP contribution in [0.1, 0.15) is 58.5 Å². The minimum absolute atomic E-state index is 0.0473. The minimum atomic E-state index is -4.74. The topological polar surface area (TPSA) is 126 Å².